The lowest BCUT2D eigenvalue weighted by Crippen LogP contribution is -2.33. The highest BCUT2D eigenvalue weighted by Crippen LogP contribution is 2.37. The molecule has 0 amide bonds. The van der Waals surface area contributed by atoms with Gasteiger partial charge in [0.05, 0.1) is 22.2 Å². The number of halogens is 2. The molecule has 28 heavy (non-hydrogen) atoms. The lowest BCUT2D eigenvalue weighted by molar-refractivity contribution is -0.0501. The van der Waals surface area contributed by atoms with Gasteiger partial charge in [-0.15, -0.1) is 0 Å². The zero-order chi connectivity index (χ0) is 19.6. The van der Waals surface area contributed by atoms with Crippen LogP contribution >= 0.6 is 23.2 Å². The van der Waals surface area contributed by atoms with Gasteiger partial charge in [0, 0.05) is 11.4 Å². The van der Waals surface area contributed by atoms with Crippen LogP contribution in [0, 0.1) is 0 Å². The number of pyridine rings is 1. The zero-order valence-electron chi connectivity index (χ0n) is 14.6. The number of aromatic nitrogens is 3. The van der Waals surface area contributed by atoms with E-state index in [0.717, 1.165) is 18.2 Å². The van der Waals surface area contributed by atoms with Crippen LogP contribution in [0.25, 0.3) is 22.1 Å². The number of aliphatic hydroxyl groups is 3. The smallest absolute Gasteiger partial charge is 0.207 e. The van der Waals surface area contributed by atoms with Crippen LogP contribution in [-0.4, -0.2) is 60.8 Å². The van der Waals surface area contributed by atoms with E-state index < -0.39 is 31.1 Å². The molecule has 3 aromatic rings. The average Bonchev–Trinajstić information content (AvgIpc) is 3.36. The minimum Gasteiger partial charge on any atom is -0.394 e. The van der Waals surface area contributed by atoms with Gasteiger partial charge in [-0.05, 0) is 31.0 Å². The van der Waals surface area contributed by atoms with Crippen molar-refractivity contribution in [2.24, 2.45) is 0 Å². The minimum absolute atomic E-state index is 0.297. The predicted octanol–water partition coefficient (Wildman–Crippen LogP) is 2.08. The van der Waals surface area contributed by atoms with E-state index in [9.17, 15) is 15.3 Å². The van der Waals surface area contributed by atoms with Gasteiger partial charge >= 0.3 is 0 Å². The summed E-state index contributed by atoms with van der Waals surface area (Å²) in [6, 6.07) is 5.54. The molecule has 1 saturated heterocycles. The molecule has 4 atom stereocenters. The largest absolute Gasteiger partial charge is 0.394 e. The molecule has 2 aromatic heterocycles. The van der Waals surface area contributed by atoms with Crippen molar-refractivity contribution in [3.63, 3.8) is 0 Å². The summed E-state index contributed by atoms with van der Waals surface area (Å²) < 4.78 is 7.37. The molecule has 148 valence electrons. The molecular weight excluding hydrogens is 407 g/mol. The summed E-state index contributed by atoms with van der Waals surface area (Å²) in [5, 5.41) is 35.1. The van der Waals surface area contributed by atoms with Gasteiger partial charge in [0.15, 0.2) is 11.9 Å². The second-order valence-electron chi connectivity index (χ2n) is 7.24. The number of benzene rings is 1. The molecule has 1 aliphatic heterocycles. The highest BCUT2D eigenvalue weighted by Gasteiger charge is 2.45. The fourth-order valence-electron chi connectivity index (χ4n) is 3.52. The number of nitrogens with zero attached hydrogens (tertiary/aromatic N) is 3. The number of ether oxygens (including phenoxy) is 1. The summed E-state index contributed by atoms with van der Waals surface area (Å²) in [4.78, 5) is 9.29. The number of aliphatic hydroxyl groups excluding tert-OH is 3. The lowest BCUT2D eigenvalue weighted by atomic mass is 10.1. The maximum atomic E-state index is 10.5. The van der Waals surface area contributed by atoms with E-state index in [-0.39, 0.29) is 0 Å². The van der Waals surface area contributed by atoms with Gasteiger partial charge < -0.3 is 25.4 Å². The fourth-order valence-corrected chi connectivity index (χ4v) is 3.85. The molecule has 1 aromatic carbocycles. The Balaban J connectivity index is 1.70. The van der Waals surface area contributed by atoms with E-state index in [4.69, 9.17) is 27.9 Å². The van der Waals surface area contributed by atoms with Gasteiger partial charge in [-0.25, -0.2) is 9.97 Å². The molecular formula is C18H18Cl2N4O4. The number of hydrogen-bond acceptors (Lipinski definition) is 7. The molecule has 2 aliphatic rings. The Kier molecular flexibility index (Phi) is 4.38. The highest BCUT2D eigenvalue weighted by molar-refractivity contribution is 6.42. The first kappa shape index (κ1) is 18.4. The van der Waals surface area contributed by atoms with E-state index in [1.165, 1.54) is 0 Å². The monoisotopic (exact) mass is 424 g/mol. The first-order valence-corrected chi connectivity index (χ1v) is 9.78. The summed E-state index contributed by atoms with van der Waals surface area (Å²) >= 11 is 12.3. The van der Waals surface area contributed by atoms with Gasteiger partial charge in [0.25, 0.3) is 0 Å². The van der Waals surface area contributed by atoms with E-state index in [2.05, 4.69) is 15.3 Å². The third-order valence-electron chi connectivity index (χ3n) is 5.18. The Labute approximate surface area is 169 Å². The van der Waals surface area contributed by atoms with Crippen LogP contribution in [0.2, 0.25) is 10.0 Å². The summed E-state index contributed by atoms with van der Waals surface area (Å²) in [6.07, 6.45) is -2.22. The molecule has 10 heteroatoms. The third kappa shape index (κ3) is 2.92. The Hall–Kier alpha value is -1.68. The van der Waals surface area contributed by atoms with Gasteiger partial charge in [0.2, 0.25) is 5.95 Å². The average molecular weight is 425 g/mol. The van der Waals surface area contributed by atoms with Crippen LogP contribution in [0.5, 0.6) is 0 Å². The lowest BCUT2D eigenvalue weighted by Gasteiger charge is -2.19. The van der Waals surface area contributed by atoms with Crippen molar-refractivity contribution in [2.75, 3.05) is 11.9 Å². The van der Waals surface area contributed by atoms with Crippen molar-refractivity contribution in [3.8, 4) is 0 Å². The predicted molar refractivity (Wildman–Crippen MR) is 105 cm³/mol. The van der Waals surface area contributed by atoms with Gasteiger partial charge in [-0.1, -0.05) is 23.2 Å². The second-order valence-corrected chi connectivity index (χ2v) is 8.06. The van der Waals surface area contributed by atoms with Crippen LogP contribution in [0.15, 0.2) is 18.2 Å². The van der Waals surface area contributed by atoms with Crippen molar-refractivity contribution in [1.29, 1.82) is 0 Å². The number of nitrogens with one attached hydrogen (secondary N) is 1. The minimum atomic E-state index is -1.24. The summed E-state index contributed by atoms with van der Waals surface area (Å²) in [5.41, 5.74) is 1.68. The zero-order valence-corrected chi connectivity index (χ0v) is 16.1. The first-order valence-electron chi connectivity index (χ1n) is 9.03. The molecule has 1 aliphatic carbocycles. The third-order valence-corrected chi connectivity index (χ3v) is 5.90. The molecule has 4 N–H and O–H groups in total. The van der Waals surface area contributed by atoms with Crippen molar-refractivity contribution < 1.29 is 20.1 Å². The summed E-state index contributed by atoms with van der Waals surface area (Å²) in [5.74, 6) is 0.493. The van der Waals surface area contributed by atoms with Crippen molar-refractivity contribution >= 4 is 51.2 Å². The second kappa shape index (κ2) is 6.69. The summed E-state index contributed by atoms with van der Waals surface area (Å²) in [6.45, 7) is -0.406. The van der Waals surface area contributed by atoms with Crippen LogP contribution in [0.4, 0.5) is 5.95 Å². The number of rotatable bonds is 4. The fraction of sp³-hybridized carbons (Fsp3) is 0.444. The summed E-state index contributed by atoms with van der Waals surface area (Å²) in [7, 11) is 0. The van der Waals surface area contributed by atoms with Crippen molar-refractivity contribution in [2.45, 2.75) is 43.4 Å². The van der Waals surface area contributed by atoms with Gasteiger partial charge in [-0.2, -0.15) is 0 Å². The Morgan fingerprint density at radius 1 is 1.07 bits per heavy atom. The number of imidazole rings is 1. The molecule has 0 radical (unpaired) electrons. The van der Waals surface area contributed by atoms with Crippen LogP contribution in [-0.2, 0) is 4.74 Å². The maximum absolute atomic E-state index is 10.5. The van der Waals surface area contributed by atoms with Crippen LogP contribution in [0.1, 0.15) is 19.1 Å². The molecule has 0 bridgehead atoms. The molecule has 5 rings (SSSR count). The van der Waals surface area contributed by atoms with E-state index in [1.807, 2.05) is 6.07 Å². The molecule has 0 spiro atoms. The number of fused-ring (bicyclic) bond motifs is 2. The molecule has 8 nitrogen and oxygen atoms in total. The molecule has 2 fully saturated rings. The quantitative estimate of drug-likeness (QED) is 0.506. The SMILES string of the molecule is OC[C@H]1O[C@@H](n2c(NC3CC3)nc3cc4cc(Cl)c(Cl)cc4nc32)[C@H](O)[C@@H]1O. The normalized spacial score (nSPS) is 27.8. The Morgan fingerprint density at radius 3 is 2.50 bits per heavy atom. The van der Waals surface area contributed by atoms with Crippen LogP contribution < -0.4 is 5.32 Å². The maximum Gasteiger partial charge on any atom is 0.207 e. The molecule has 1 saturated carbocycles. The van der Waals surface area contributed by atoms with E-state index in [0.29, 0.717) is 38.7 Å². The first-order chi connectivity index (χ1) is 13.5. The highest BCUT2D eigenvalue weighted by atomic mass is 35.5. The van der Waals surface area contributed by atoms with E-state index >= 15 is 0 Å². The Morgan fingerprint density at radius 2 is 1.82 bits per heavy atom. The van der Waals surface area contributed by atoms with E-state index in [1.54, 1.807) is 16.7 Å². The standard InChI is InChI=1S/C18H18Cl2N4O4/c19-9-3-7-4-12-16(22-11(7)5-10(9)20)24(18(23-12)21-8-1-2-8)17-15(27)14(26)13(6-25)28-17/h3-5,8,13-15,17,25-27H,1-2,6H2,(H,21,23)/t13-,14-,15-,17-/m1/s1. The van der Waals surface area contributed by atoms with Crippen molar-refractivity contribution in [3.05, 3.63) is 28.2 Å². The van der Waals surface area contributed by atoms with Gasteiger partial charge in [-0.3, -0.25) is 4.57 Å². The topological polar surface area (TPSA) is 113 Å². The Bertz CT molecular complexity index is 1070. The van der Waals surface area contributed by atoms with Crippen LogP contribution in [0.3, 0.4) is 0 Å². The number of anilines is 1. The number of hydrogen-bond donors (Lipinski definition) is 4. The van der Waals surface area contributed by atoms with Crippen molar-refractivity contribution in [1.82, 2.24) is 14.5 Å². The molecule has 3 heterocycles. The van der Waals surface area contributed by atoms with Gasteiger partial charge in [0.1, 0.15) is 23.8 Å². The molecule has 0 unspecified atom stereocenters.